The number of ether oxygens (including phenoxy) is 3. The Balaban J connectivity index is 2.12. The van der Waals surface area contributed by atoms with Crippen LogP contribution in [0, 0.1) is 0 Å². The van der Waals surface area contributed by atoms with Gasteiger partial charge in [-0.15, -0.1) is 0 Å². The molecule has 50 heavy (non-hydrogen) atoms. The lowest BCUT2D eigenvalue weighted by molar-refractivity contribution is -0.290. The average Bonchev–Trinajstić information content (AvgIpc) is 3.11. The second-order valence-corrected chi connectivity index (χ2v) is 15.1. The molecule has 1 aliphatic rings. The number of hydrogen-bond donors (Lipinski definition) is 3. The first-order chi connectivity index (χ1) is 24.4. The number of hydrogen-bond acceptors (Lipinski definition) is 8. The Kier molecular flexibility index (Phi) is 31.5. The second kappa shape index (κ2) is 33.6. The van der Waals surface area contributed by atoms with Crippen LogP contribution in [0.4, 0.5) is 0 Å². The summed E-state index contributed by atoms with van der Waals surface area (Å²) in [4.78, 5) is 25.0. The molecule has 1 rings (SSSR count). The van der Waals surface area contributed by atoms with E-state index in [1.165, 1.54) is 148 Å². The van der Waals surface area contributed by atoms with Crippen LogP contribution in [0.3, 0.4) is 0 Å². The van der Waals surface area contributed by atoms with Crippen molar-refractivity contribution in [3.05, 3.63) is 0 Å². The number of esters is 2. The van der Waals surface area contributed by atoms with Gasteiger partial charge in [-0.2, -0.15) is 0 Å². The lowest BCUT2D eigenvalue weighted by Crippen LogP contribution is -2.60. The lowest BCUT2D eigenvalue weighted by atomic mass is 9.99. The lowest BCUT2D eigenvalue weighted by Gasteiger charge is -2.39. The van der Waals surface area contributed by atoms with Gasteiger partial charge in [0.05, 0.1) is 0 Å². The zero-order chi connectivity index (χ0) is 36.5. The molecule has 5 atom stereocenters. The third-order valence-corrected chi connectivity index (χ3v) is 10.3. The summed E-state index contributed by atoms with van der Waals surface area (Å²) >= 11 is 0. The number of unbranched alkanes of at least 4 members (excludes halogenated alkanes) is 28. The van der Waals surface area contributed by atoms with Gasteiger partial charge < -0.3 is 29.5 Å². The summed E-state index contributed by atoms with van der Waals surface area (Å²) in [5.41, 5.74) is 0. The molecule has 0 aromatic carbocycles. The van der Waals surface area contributed by atoms with Crippen LogP contribution in [-0.4, -0.2) is 64.6 Å². The van der Waals surface area contributed by atoms with Crippen molar-refractivity contribution in [1.82, 2.24) is 0 Å². The maximum atomic E-state index is 12.6. The Morgan fingerprint density at radius 1 is 0.460 bits per heavy atom. The summed E-state index contributed by atoms with van der Waals surface area (Å²) < 4.78 is 16.3. The van der Waals surface area contributed by atoms with Gasteiger partial charge in [-0.1, -0.05) is 194 Å². The summed E-state index contributed by atoms with van der Waals surface area (Å²) in [6.45, 7) is 4.25. The largest absolute Gasteiger partial charge is 0.463 e. The summed E-state index contributed by atoms with van der Waals surface area (Å²) in [7, 11) is 0. The number of carbonyl (C=O) groups is 2. The molecule has 3 N–H and O–H groups in total. The van der Waals surface area contributed by atoms with Crippen molar-refractivity contribution in [2.75, 3.05) is 6.61 Å². The summed E-state index contributed by atoms with van der Waals surface area (Å²) in [6, 6.07) is 0. The molecular formula is C42H80O8. The minimum atomic E-state index is -1.66. The van der Waals surface area contributed by atoms with Crippen LogP contribution in [0.1, 0.15) is 219 Å². The first-order valence-electron chi connectivity index (χ1n) is 21.4. The van der Waals surface area contributed by atoms with Crippen molar-refractivity contribution in [2.45, 2.75) is 250 Å². The van der Waals surface area contributed by atoms with E-state index in [-0.39, 0.29) is 25.4 Å². The van der Waals surface area contributed by atoms with Crippen molar-refractivity contribution in [1.29, 1.82) is 0 Å². The maximum absolute atomic E-state index is 12.6. The van der Waals surface area contributed by atoms with E-state index in [4.69, 9.17) is 14.2 Å². The molecule has 0 aromatic heterocycles. The van der Waals surface area contributed by atoms with Crippen molar-refractivity contribution in [2.24, 2.45) is 0 Å². The number of carbonyl (C=O) groups excluding carboxylic acids is 2. The molecule has 0 saturated carbocycles. The van der Waals surface area contributed by atoms with Crippen LogP contribution < -0.4 is 0 Å². The Morgan fingerprint density at radius 3 is 1.14 bits per heavy atom. The molecule has 8 heteroatoms. The van der Waals surface area contributed by atoms with Crippen LogP contribution >= 0.6 is 0 Å². The third-order valence-electron chi connectivity index (χ3n) is 10.3. The van der Waals surface area contributed by atoms with Crippen LogP contribution in [-0.2, 0) is 23.8 Å². The van der Waals surface area contributed by atoms with E-state index in [9.17, 15) is 24.9 Å². The summed E-state index contributed by atoms with van der Waals surface area (Å²) in [6.07, 6.45) is 30.7. The highest BCUT2D eigenvalue weighted by Crippen LogP contribution is 2.24. The molecule has 0 radical (unpaired) electrons. The SMILES string of the molecule is CCCCCCCCCCCCCCCCCC(=O)OC[C@H]1O[C@H](O)[C@H](O)[C@@H](O)[C@@H]1OC(=O)CCCCCCCCCCCCCCCCC. The number of rotatable bonds is 35. The number of aliphatic hydroxyl groups excluding tert-OH is 3. The second-order valence-electron chi connectivity index (χ2n) is 15.1. The third kappa shape index (κ3) is 25.7. The van der Waals surface area contributed by atoms with Crippen LogP contribution in [0.2, 0.25) is 0 Å². The predicted molar refractivity (Wildman–Crippen MR) is 203 cm³/mol. The molecule has 0 spiro atoms. The summed E-state index contributed by atoms with van der Waals surface area (Å²) in [5, 5.41) is 30.7. The van der Waals surface area contributed by atoms with Gasteiger partial charge in [-0.25, -0.2) is 0 Å². The topological polar surface area (TPSA) is 123 Å². The normalized spacial score (nSPS) is 20.6. The highest BCUT2D eigenvalue weighted by Gasteiger charge is 2.46. The standard InChI is InChI=1S/C42H80O8/c1-3-5-7-9-11-13-15-17-19-21-23-25-27-29-31-33-37(43)48-35-36-41(39(45)40(46)42(47)49-36)50-38(44)34-32-30-28-26-24-22-20-18-16-14-12-10-8-6-4-2/h36,39-42,45-47H,3-35H2,1-2H3/t36-,39-,40-,41-,42+/m1/s1. The molecule has 0 unspecified atom stereocenters. The molecule has 0 aromatic rings. The quantitative estimate of drug-likeness (QED) is 0.0438. The Hall–Kier alpha value is -1.22. The highest BCUT2D eigenvalue weighted by molar-refractivity contribution is 5.70. The predicted octanol–water partition coefficient (Wildman–Crippen LogP) is 10.4. The summed E-state index contributed by atoms with van der Waals surface area (Å²) in [5.74, 6) is -0.883. The van der Waals surface area contributed by atoms with Crippen LogP contribution in [0.15, 0.2) is 0 Å². The fraction of sp³-hybridized carbons (Fsp3) is 0.952. The van der Waals surface area contributed by atoms with E-state index in [1.807, 2.05) is 0 Å². The van der Waals surface area contributed by atoms with Gasteiger partial charge in [0.25, 0.3) is 0 Å². The van der Waals surface area contributed by atoms with E-state index >= 15 is 0 Å². The van der Waals surface area contributed by atoms with Gasteiger partial charge >= 0.3 is 11.9 Å². The molecule has 1 aliphatic heterocycles. The minimum absolute atomic E-state index is 0.200. The molecule has 296 valence electrons. The van der Waals surface area contributed by atoms with Crippen LogP contribution in [0.5, 0.6) is 0 Å². The molecular weight excluding hydrogens is 632 g/mol. The highest BCUT2D eigenvalue weighted by atomic mass is 16.7. The van der Waals surface area contributed by atoms with Gasteiger partial charge in [0.15, 0.2) is 12.4 Å². The van der Waals surface area contributed by atoms with E-state index < -0.39 is 36.7 Å². The zero-order valence-corrected chi connectivity index (χ0v) is 32.6. The van der Waals surface area contributed by atoms with E-state index in [2.05, 4.69) is 13.8 Å². The monoisotopic (exact) mass is 713 g/mol. The van der Waals surface area contributed by atoms with Gasteiger partial charge in [-0.05, 0) is 12.8 Å². The molecule has 0 amide bonds. The van der Waals surface area contributed by atoms with Gasteiger partial charge in [0.1, 0.15) is 24.9 Å². The van der Waals surface area contributed by atoms with Gasteiger partial charge in [-0.3, -0.25) is 9.59 Å². The Morgan fingerprint density at radius 2 is 0.780 bits per heavy atom. The average molecular weight is 713 g/mol. The smallest absolute Gasteiger partial charge is 0.306 e. The first-order valence-corrected chi connectivity index (χ1v) is 21.4. The fourth-order valence-electron chi connectivity index (χ4n) is 6.94. The van der Waals surface area contributed by atoms with Crippen molar-refractivity contribution in [3.8, 4) is 0 Å². The molecule has 0 bridgehead atoms. The zero-order valence-electron chi connectivity index (χ0n) is 32.6. The molecule has 0 aliphatic carbocycles. The molecule has 1 fully saturated rings. The maximum Gasteiger partial charge on any atom is 0.306 e. The Labute approximate surface area is 307 Å². The van der Waals surface area contributed by atoms with Gasteiger partial charge in [0, 0.05) is 12.8 Å². The fourth-order valence-corrected chi connectivity index (χ4v) is 6.94. The van der Waals surface area contributed by atoms with Crippen molar-refractivity contribution < 1.29 is 39.1 Å². The van der Waals surface area contributed by atoms with E-state index in [0.29, 0.717) is 6.42 Å². The van der Waals surface area contributed by atoms with Crippen molar-refractivity contribution >= 4 is 11.9 Å². The Bertz CT molecular complexity index is 777. The molecule has 8 nitrogen and oxygen atoms in total. The molecule has 1 saturated heterocycles. The van der Waals surface area contributed by atoms with E-state index in [0.717, 1.165) is 38.5 Å². The first kappa shape index (κ1) is 46.8. The number of aliphatic hydroxyl groups is 3. The van der Waals surface area contributed by atoms with Crippen LogP contribution in [0.25, 0.3) is 0 Å². The van der Waals surface area contributed by atoms with Crippen molar-refractivity contribution in [3.63, 3.8) is 0 Å². The van der Waals surface area contributed by atoms with E-state index in [1.54, 1.807) is 0 Å². The van der Waals surface area contributed by atoms with Gasteiger partial charge in [0.2, 0.25) is 0 Å². The minimum Gasteiger partial charge on any atom is -0.463 e. The molecule has 1 heterocycles.